The molecular weight excluding hydrogens is 252 g/mol. The van der Waals surface area contributed by atoms with Crippen LogP contribution in [-0.4, -0.2) is 21.9 Å². The lowest BCUT2D eigenvalue weighted by atomic mass is 9.94. The molecule has 1 aromatic carbocycles. The molecule has 1 unspecified atom stereocenters. The van der Waals surface area contributed by atoms with Crippen LogP contribution in [0.3, 0.4) is 0 Å². The highest BCUT2D eigenvalue weighted by Gasteiger charge is 2.33. The second-order valence-electron chi connectivity index (χ2n) is 5.08. The zero-order valence-corrected chi connectivity index (χ0v) is 11.3. The lowest BCUT2D eigenvalue weighted by Crippen LogP contribution is -2.45. The van der Waals surface area contributed by atoms with Gasteiger partial charge in [-0.25, -0.2) is 0 Å². The summed E-state index contributed by atoms with van der Waals surface area (Å²) in [7, 11) is 1.66. The summed E-state index contributed by atoms with van der Waals surface area (Å²) in [5.74, 6) is -0.0132. The molecule has 4 nitrogen and oxygen atoms in total. The normalized spacial score (nSPS) is 17.6. The first kappa shape index (κ1) is 12.7. The molecule has 0 bridgehead atoms. The van der Waals surface area contributed by atoms with Crippen molar-refractivity contribution in [2.75, 3.05) is 6.54 Å². The van der Waals surface area contributed by atoms with Crippen molar-refractivity contribution in [2.45, 2.75) is 12.5 Å². The van der Waals surface area contributed by atoms with Gasteiger partial charge in [-0.2, -0.15) is 0 Å². The quantitative estimate of drug-likeness (QED) is 0.835. The fourth-order valence-electron chi connectivity index (χ4n) is 2.54. The molecule has 4 heteroatoms. The summed E-state index contributed by atoms with van der Waals surface area (Å²) in [6.07, 6.45) is 2.59. The van der Waals surface area contributed by atoms with Gasteiger partial charge >= 0.3 is 0 Å². The molecule has 1 aliphatic heterocycles. The van der Waals surface area contributed by atoms with Crippen LogP contribution in [0.25, 0.3) is 0 Å². The molecular formula is C16H16N2O2. The van der Waals surface area contributed by atoms with Gasteiger partial charge in [0.1, 0.15) is 0 Å². The van der Waals surface area contributed by atoms with E-state index in [-0.39, 0.29) is 17.5 Å². The second kappa shape index (κ2) is 4.96. The Bertz CT molecular complexity index is 691. The average molecular weight is 268 g/mol. The third kappa shape index (κ3) is 2.13. The van der Waals surface area contributed by atoms with Crippen LogP contribution in [0.2, 0.25) is 0 Å². The second-order valence-corrected chi connectivity index (χ2v) is 5.08. The molecule has 1 amide bonds. The lowest BCUT2D eigenvalue weighted by molar-refractivity contribution is 0.0459. The van der Waals surface area contributed by atoms with Crippen LogP contribution in [0.4, 0.5) is 0 Å². The van der Waals surface area contributed by atoms with E-state index in [0.29, 0.717) is 5.56 Å². The summed E-state index contributed by atoms with van der Waals surface area (Å²) < 4.78 is 1.44. The lowest BCUT2D eigenvalue weighted by Gasteiger charge is -2.41. The molecule has 1 atom stereocenters. The number of benzene rings is 1. The topological polar surface area (TPSA) is 42.3 Å². The van der Waals surface area contributed by atoms with E-state index in [1.54, 1.807) is 19.3 Å². The Morgan fingerprint density at radius 2 is 1.90 bits per heavy atom. The van der Waals surface area contributed by atoms with E-state index in [1.165, 1.54) is 10.6 Å². The van der Waals surface area contributed by atoms with E-state index in [4.69, 9.17) is 0 Å². The third-order valence-corrected chi connectivity index (χ3v) is 3.80. The van der Waals surface area contributed by atoms with Gasteiger partial charge in [0.2, 0.25) is 5.56 Å². The summed E-state index contributed by atoms with van der Waals surface area (Å²) >= 11 is 0. The van der Waals surface area contributed by atoms with Gasteiger partial charge in [0, 0.05) is 25.9 Å². The standard InChI is InChI=1S/C16H16N2O2/c1-17-11-13(7-8-15(17)19)16(20)18-10-9-14(18)12-5-3-2-4-6-12/h2-8,11,14H,9-10H2,1H3. The number of amides is 1. The molecule has 1 fully saturated rings. The number of pyridine rings is 1. The molecule has 1 aliphatic rings. The number of rotatable bonds is 2. The van der Waals surface area contributed by atoms with Crippen molar-refractivity contribution in [3.8, 4) is 0 Å². The first-order valence-electron chi connectivity index (χ1n) is 6.69. The zero-order chi connectivity index (χ0) is 14.1. The molecule has 0 spiro atoms. The molecule has 1 saturated heterocycles. The van der Waals surface area contributed by atoms with E-state index >= 15 is 0 Å². The number of nitrogens with zero attached hydrogens (tertiary/aromatic N) is 2. The van der Waals surface area contributed by atoms with Gasteiger partial charge in [0.05, 0.1) is 11.6 Å². The minimum Gasteiger partial charge on any atom is -0.331 e. The van der Waals surface area contributed by atoms with Gasteiger partial charge < -0.3 is 9.47 Å². The third-order valence-electron chi connectivity index (χ3n) is 3.80. The van der Waals surface area contributed by atoms with Crippen molar-refractivity contribution in [2.24, 2.45) is 7.05 Å². The van der Waals surface area contributed by atoms with Crippen LogP contribution in [0.15, 0.2) is 53.5 Å². The number of carbonyl (C=O) groups excluding carboxylic acids is 1. The zero-order valence-electron chi connectivity index (χ0n) is 11.3. The fraction of sp³-hybridized carbons (Fsp3) is 0.250. The first-order chi connectivity index (χ1) is 9.66. The van der Waals surface area contributed by atoms with Crippen LogP contribution in [0.1, 0.15) is 28.4 Å². The number of carbonyl (C=O) groups is 1. The highest BCUT2D eigenvalue weighted by molar-refractivity contribution is 5.94. The van der Waals surface area contributed by atoms with Crippen LogP contribution in [0.5, 0.6) is 0 Å². The van der Waals surface area contributed by atoms with Crippen molar-refractivity contribution < 1.29 is 4.79 Å². The van der Waals surface area contributed by atoms with E-state index in [9.17, 15) is 9.59 Å². The van der Waals surface area contributed by atoms with Crippen molar-refractivity contribution in [3.05, 3.63) is 70.1 Å². The maximum atomic E-state index is 12.5. The minimum atomic E-state index is -0.107. The van der Waals surface area contributed by atoms with Crippen molar-refractivity contribution >= 4 is 5.91 Å². The average Bonchev–Trinajstić information content (AvgIpc) is 2.42. The fourth-order valence-corrected chi connectivity index (χ4v) is 2.54. The molecule has 2 heterocycles. The predicted molar refractivity (Wildman–Crippen MR) is 76.5 cm³/mol. The Morgan fingerprint density at radius 1 is 1.15 bits per heavy atom. The summed E-state index contributed by atoms with van der Waals surface area (Å²) in [5, 5.41) is 0. The number of hydrogen-bond donors (Lipinski definition) is 0. The summed E-state index contributed by atoms with van der Waals surface area (Å²) in [5.41, 5.74) is 1.62. The van der Waals surface area contributed by atoms with Crippen molar-refractivity contribution in [1.29, 1.82) is 0 Å². The van der Waals surface area contributed by atoms with Gasteiger partial charge in [-0.15, -0.1) is 0 Å². The Balaban J connectivity index is 1.84. The SMILES string of the molecule is Cn1cc(C(=O)N2CCC2c2ccccc2)ccc1=O. The van der Waals surface area contributed by atoms with E-state index in [0.717, 1.165) is 18.5 Å². The maximum absolute atomic E-state index is 12.5. The van der Waals surface area contributed by atoms with Gasteiger partial charge in [-0.05, 0) is 18.1 Å². The molecule has 0 radical (unpaired) electrons. The van der Waals surface area contributed by atoms with Crippen LogP contribution >= 0.6 is 0 Å². The van der Waals surface area contributed by atoms with Crippen LogP contribution in [-0.2, 0) is 7.05 Å². The highest BCUT2D eigenvalue weighted by Crippen LogP contribution is 2.34. The van der Waals surface area contributed by atoms with Crippen molar-refractivity contribution in [1.82, 2.24) is 9.47 Å². The first-order valence-corrected chi connectivity index (χ1v) is 6.69. The van der Waals surface area contributed by atoms with Crippen molar-refractivity contribution in [3.63, 3.8) is 0 Å². The monoisotopic (exact) mass is 268 g/mol. The molecule has 0 N–H and O–H groups in total. The van der Waals surface area contributed by atoms with Crippen LogP contribution < -0.4 is 5.56 Å². The Hall–Kier alpha value is -2.36. The summed E-state index contributed by atoms with van der Waals surface area (Å²) in [6.45, 7) is 0.765. The predicted octanol–water partition coefficient (Wildman–Crippen LogP) is 1.97. The number of aryl methyl sites for hydroxylation is 1. The van der Waals surface area contributed by atoms with Gasteiger partial charge in [0.25, 0.3) is 5.91 Å². The van der Waals surface area contributed by atoms with Gasteiger partial charge in [-0.1, -0.05) is 30.3 Å². The minimum absolute atomic E-state index is 0.0132. The van der Waals surface area contributed by atoms with E-state index in [1.807, 2.05) is 35.2 Å². The molecule has 20 heavy (non-hydrogen) atoms. The summed E-state index contributed by atoms with van der Waals surface area (Å²) in [4.78, 5) is 25.7. The van der Waals surface area contributed by atoms with Crippen LogP contribution in [0, 0.1) is 0 Å². The van der Waals surface area contributed by atoms with E-state index in [2.05, 4.69) is 0 Å². The Morgan fingerprint density at radius 3 is 2.50 bits per heavy atom. The molecule has 0 aliphatic carbocycles. The molecule has 102 valence electrons. The molecule has 2 aromatic rings. The van der Waals surface area contributed by atoms with Gasteiger partial charge in [-0.3, -0.25) is 9.59 Å². The number of hydrogen-bond acceptors (Lipinski definition) is 2. The Kier molecular flexibility index (Phi) is 3.14. The number of likely N-dealkylation sites (tertiary alicyclic amines) is 1. The maximum Gasteiger partial charge on any atom is 0.255 e. The smallest absolute Gasteiger partial charge is 0.255 e. The molecule has 1 aromatic heterocycles. The van der Waals surface area contributed by atoms with E-state index < -0.39 is 0 Å². The Labute approximate surface area is 117 Å². The highest BCUT2D eigenvalue weighted by atomic mass is 16.2. The molecule has 3 rings (SSSR count). The van der Waals surface area contributed by atoms with Gasteiger partial charge in [0.15, 0.2) is 0 Å². The number of aromatic nitrogens is 1. The largest absolute Gasteiger partial charge is 0.331 e. The molecule has 0 saturated carbocycles. The summed E-state index contributed by atoms with van der Waals surface area (Å²) in [6, 6.07) is 13.2.